The van der Waals surface area contributed by atoms with Gasteiger partial charge in [-0.3, -0.25) is 0 Å². The molecule has 0 aliphatic carbocycles. The maximum Gasteiger partial charge on any atom is 0.146 e. The van der Waals surface area contributed by atoms with E-state index < -0.39 is 0 Å². The zero-order chi connectivity index (χ0) is 12.0. The van der Waals surface area contributed by atoms with E-state index in [4.69, 9.17) is 0 Å². The molecule has 1 N–H and O–H groups in total. The molecule has 3 heteroatoms. The fourth-order valence-corrected chi connectivity index (χ4v) is 1.55. The van der Waals surface area contributed by atoms with Crippen LogP contribution in [-0.4, -0.2) is 20.1 Å². The van der Waals surface area contributed by atoms with E-state index in [9.17, 15) is 4.39 Å². The molecule has 0 aliphatic heterocycles. The van der Waals surface area contributed by atoms with Gasteiger partial charge in [0.1, 0.15) is 5.82 Å². The third-order valence-electron chi connectivity index (χ3n) is 2.65. The second-order valence-electron chi connectivity index (χ2n) is 3.98. The Labute approximate surface area is 97.5 Å². The van der Waals surface area contributed by atoms with Crippen LogP contribution in [0, 0.1) is 5.82 Å². The number of hydrogen-bond acceptors (Lipinski definition) is 2. The molecule has 0 fully saturated rings. The number of nitrogens with one attached hydrogen (secondary N) is 1. The first-order chi connectivity index (χ1) is 7.69. The lowest BCUT2D eigenvalue weighted by Crippen LogP contribution is -2.18. The van der Waals surface area contributed by atoms with Gasteiger partial charge in [0.15, 0.2) is 0 Å². The predicted molar refractivity (Wildman–Crippen MR) is 67.3 cm³/mol. The van der Waals surface area contributed by atoms with Crippen molar-refractivity contribution >= 4 is 5.69 Å². The van der Waals surface area contributed by atoms with Crippen LogP contribution >= 0.6 is 0 Å². The number of hydrogen-bond donors (Lipinski definition) is 1. The molecule has 1 rings (SSSR count). The van der Waals surface area contributed by atoms with Gasteiger partial charge in [-0.05, 0) is 37.6 Å². The molecule has 0 saturated carbocycles. The zero-order valence-electron chi connectivity index (χ0n) is 10.4. The molecule has 1 aromatic carbocycles. The van der Waals surface area contributed by atoms with Gasteiger partial charge in [0.2, 0.25) is 0 Å². The maximum absolute atomic E-state index is 13.7. The van der Waals surface area contributed by atoms with E-state index in [1.165, 1.54) is 0 Å². The minimum absolute atomic E-state index is 0.139. The summed E-state index contributed by atoms with van der Waals surface area (Å²) in [7, 11) is 1.90. The van der Waals surface area contributed by atoms with Crippen LogP contribution < -0.4 is 10.2 Å². The average molecular weight is 224 g/mol. The fourth-order valence-electron chi connectivity index (χ4n) is 1.55. The third kappa shape index (κ3) is 3.49. The molecule has 2 nitrogen and oxygen atoms in total. The number of anilines is 1. The van der Waals surface area contributed by atoms with Gasteiger partial charge in [-0.15, -0.1) is 0 Å². The second kappa shape index (κ2) is 6.48. The Morgan fingerprint density at radius 2 is 2.06 bits per heavy atom. The highest BCUT2D eigenvalue weighted by atomic mass is 19.1. The van der Waals surface area contributed by atoms with Crippen molar-refractivity contribution in [1.29, 1.82) is 0 Å². The minimum atomic E-state index is -0.139. The van der Waals surface area contributed by atoms with Crippen molar-refractivity contribution in [2.75, 3.05) is 25.0 Å². The van der Waals surface area contributed by atoms with Crippen molar-refractivity contribution in [1.82, 2.24) is 5.32 Å². The lowest BCUT2D eigenvalue weighted by atomic mass is 10.2. The van der Waals surface area contributed by atoms with Gasteiger partial charge in [-0.2, -0.15) is 0 Å². The van der Waals surface area contributed by atoms with Crippen LogP contribution in [0.3, 0.4) is 0 Å². The fraction of sp³-hybridized carbons (Fsp3) is 0.538. The van der Waals surface area contributed by atoms with Crippen LogP contribution in [0.2, 0.25) is 0 Å². The summed E-state index contributed by atoms with van der Waals surface area (Å²) in [6, 6.07) is 5.44. The Morgan fingerprint density at radius 1 is 1.31 bits per heavy atom. The van der Waals surface area contributed by atoms with E-state index in [-0.39, 0.29) is 5.82 Å². The van der Waals surface area contributed by atoms with Gasteiger partial charge in [0.25, 0.3) is 0 Å². The summed E-state index contributed by atoms with van der Waals surface area (Å²) in [4.78, 5) is 1.90. The Balaban J connectivity index is 2.67. The maximum atomic E-state index is 13.7. The summed E-state index contributed by atoms with van der Waals surface area (Å²) < 4.78 is 13.7. The van der Waals surface area contributed by atoms with Gasteiger partial charge in [-0.1, -0.05) is 13.0 Å². The van der Waals surface area contributed by atoms with Crippen LogP contribution in [0.1, 0.15) is 25.8 Å². The van der Waals surface area contributed by atoms with Crippen molar-refractivity contribution in [3.05, 3.63) is 29.6 Å². The SMILES string of the molecule is CCCNCc1ccc(N(C)CC)c(F)c1. The molecular weight excluding hydrogens is 203 g/mol. The van der Waals surface area contributed by atoms with Crippen molar-refractivity contribution in [3.8, 4) is 0 Å². The molecule has 0 bridgehead atoms. The highest BCUT2D eigenvalue weighted by Crippen LogP contribution is 2.19. The first kappa shape index (κ1) is 13.0. The molecule has 0 heterocycles. The standard InChI is InChI=1S/C13H21FN2/c1-4-8-15-10-11-6-7-13(12(14)9-11)16(3)5-2/h6-7,9,15H,4-5,8,10H2,1-3H3. The Morgan fingerprint density at radius 3 is 2.62 bits per heavy atom. The van der Waals surface area contributed by atoms with Crippen molar-refractivity contribution in [2.45, 2.75) is 26.8 Å². The van der Waals surface area contributed by atoms with Crippen molar-refractivity contribution < 1.29 is 4.39 Å². The lowest BCUT2D eigenvalue weighted by molar-refractivity contribution is 0.615. The molecule has 16 heavy (non-hydrogen) atoms. The van der Waals surface area contributed by atoms with Gasteiger partial charge in [0.05, 0.1) is 5.69 Å². The van der Waals surface area contributed by atoms with Crippen LogP contribution in [0.5, 0.6) is 0 Å². The molecule has 0 aliphatic rings. The largest absolute Gasteiger partial charge is 0.373 e. The summed E-state index contributed by atoms with van der Waals surface area (Å²) in [6.07, 6.45) is 1.10. The highest BCUT2D eigenvalue weighted by Gasteiger charge is 2.06. The normalized spacial score (nSPS) is 10.5. The van der Waals surface area contributed by atoms with E-state index in [1.54, 1.807) is 6.07 Å². The Kier molecular flexibility index (Phi) is 5.26. The molecule has 90 valence electrons. The summed E-state index contributed by atoms with van der Waals surface area (Å²) in [5.41, 5.74) is 1.67. The molecule has 0 radical (unpaired) electrons. The Hall–Kier alpha value is -1.09. The van der Waals surface area contributed by atoms with E-state index >= 15 is 0 Å². The van der Waals surface area contributed by atoms with E-state index in [2.05, 4.69) is 12.2 Å². The number of nitrogens with zero attached hydrogens (tertiary/aromatic N) is 1. The Bertz CT molecular complexity index is 326. The first-order valence-electron chi connectivity index (χ1n) is 5.89. The molecule has 0 amide bonds. The lowest BCUT2D eigenvalue weighted by Gasteiger charge is -2.18. The minimum Gasteiger partial charge on any atom is -0.373 e. The molecule has 0 atom stereocenters. The summed E-state index contributed by atoms with van der Waals surface area (Å²) in [5.74, 6) is -0.139. The number of benzene rings is 1. The summed E-state index contributed by atoms with van der Waals surface area (Å²) >= 11 is 0. The smallest absolute Gasteiger partial charge is 0.146 e. The van der Waals surface area contributed by atoms with Gasteiger partial charge in [0, 0.05) is 20.1 Å². The van der Waals surface area contributed by atoms with Crippen LogP contribution in [-0.2, 0) is 6.54 Å². The quantitative estimate of drug-likeness (QED) is 0.747. The van der Waals surface area contributed by atoms with Crippen LogP contribution in [0.25, 0.3) is 0 Å². The summed E-state index contributed by atoms with van der Waals surface area (Å²) in [6.45, 7) is 6.65. The molecule has 0 saturated heterocycles. The van der Waals surface area contributed by atoms with E-state index in [1.807, 2.05) is 31.0 Å². The third-order valence-corrected chi connectivity index (χ3v) is 2.65. The van der Waals surface area contributed by atoms with Crippen LogP contribution in [0.15, 0.2) is 18.2 Å². The first-order valence-corrected chi connectivity index (χ1v) is 5.89. The van der Waals surface area contributed by atoms with Crippen molar-refractivity contribution in [2.24, 2.45) is 0 Å². The van der Waals surface area contributed by atoms with Crippen molar-refractivity contribution in [3.63, 3.8) is 0 Å². The average Bonchev–Trinajstić information content (AvgIpc) is 2.29. The summed E-state index contributed by atoms with van der Waals surface area (Å²) in [5, 5.41) is 3.26. The zero-order valence-corrected chi connectivity index (χ0v) is 10.4. The van der Waals surface area contributed by atoms with Crippen LogP contribution in [0.4, 0.5) is 10.1 Å². The van der Waals surface area contributed by atoms with E-state index in [0.29, 0.717) is 5.69 Å². The van der Waals surface area contributed by atoms with Gasteiger partial charge in [-0.25, -0.2) is 4.39 Å². The molecular formula is C13H21FN2. The highest BCUT2D eigenvalue weighted by molar-refractivity contribution is 5.48. The van der Waals surface area contributed by atoms with E-state index in [0.717, 1.165) is 31.6 Å². The molecule has 0 aromatic heterocycles. The number of halogens is 1. The number of rotatable bonds is 6. The van der Waals surface area contributed by atoms with Gasteiger partial charge < -0.3 is 10.2 Å². The molecule has 0 unspecified atom stereocenters. The molecule has 1 aromatic rings. The second-order valence-corrected chi connectivity index (χ2v) is 3.98. The van der Waals surface area contributed by atoms with Gasteiger partial charge >= 0.3 is 0 Å². The predicted octanol–water partition coefficient (Wildman–Crippen LogP) is 2.78. The topological polar surface area (TPSA) is 15.3 Å². The monoisotopic (exact) mass is 224 g/mol. The molecule has 0 spiro atoms.